The van der Waals surface area contributed by atoms with Crippen molar-refractivity contribution < 1.29 is 43.2 Å². The number of amides is 9. The van der Waals surface area contributed by atoms with E-state index in [0.717, 1.165) is 0 Å². The number of carbonyl (C=O) groups is 9. The second kappa shape index (κ2) is 24.8. The van der Waals surface area contributed by atoms with Gasteiger partial charge < -0.3 is 48.7 Å². The lowest BCUT2D eigenvalue weighted by molar-refractivity contribution is -0.134. The highest BCUT2D eigenvalue weighted by Gasteiger charge is 2.34. The van der Waals surface area contributed by atoms with Crippen molar-refractivity contribution in [3.8, 4) is 0 Å². The molecule has 326 valence electrons. The van der Waals surface area contributed by atoms with E-state index in [1.165, 1.54) is 11.8 Å². The minimum absolute atomic E-state index is 0.0145. The number of thioether (sulfide) groups is 1. The summed E-state index contributed by atoms with van der Waals surface area (Å²) in [6.07, 6.45) is 2.20. The SMILES string of the molecule is CSCC[C@H](NC(=O)[C@H](CC(C)C)NC(=O)CNC(=O)[C@H](Cc1ccccc1)NC(=O)[C@H](Cc1ccccc1)NC(=O)[C@@H](CCC(N)=O)NC(=O)[C@@H]1CCC(=O)N1)C(N)=O. The molecule has 1 aliphatic heterocycles. The normalized spacial score (nSPS) is 15.9. The van der Waals surface area contributed by atoms with Crippen LogP contribution in [0.25, 0.3) is 0 Å². The van der Waals surface area contributed by atoms with Gasteiger partial charge in [-0.3, -0.25) is 43.2 Å². The lowest BCUT2D eigenvalue weighted by Gasteiger charge is -2.26. The monoisotopic (exact) mass is 851 g/mol. The van der Waals surface area contributed by atoms with Crippen molar-refractivity contribution in [3.63, 3.8) is 0 Å². The fourth-order valence-corrected chi connectivity index (χ4v) is 6.81. The van der Waals surface area contributed by atoms with E-state index in [0.29, 0.717) is 23.3 Å². The molecule has 60 heavy (non-hydrogen) atoms. The first-order valence-corrected chi connectivity index (χ1v) is 21.2. The highest BCUT2D eigenvalue weighted by atomic mass is 32.2. The Kier molecular flexibility index (Phi) is 20.0. The Morgan fingerprint density at radius 1 is 0.700 bits per heavy atom. The van der Waals surface area contributed by atoms with E-state index in [1.54, 1.807) is 60.7 Å². The molecule has 2 aromatic carbocycles. The van der Waals surface area contributed by atoms with E-state index in [2.05, 4.69) is 37.2 Å². The molecule has 6 atom stereocenters. The third-order valence-corrected chi connectivity index (χ3v) is 10.2. The molecule has 1 fully saturated rings. The quantitative estimate of drug-likeness (QED) is 0.0578. The molecule has 19 heteroatoms. The Morgan fingerprint density at radius 2 is 1.23 bits per heavy atom. The summed E-state index contributed by atoms with van der Waals surface area (Å²) in [4.78, 5) is 117. The summed E-state index contributed by atoms with van der Waals surface area (Å²) < 4.78 is 0. The molecule has 18 nitrogen and oxygen atoms in total. The minimum atomic E-state index is -1.31. The zero-order valence-electron chi connectivity index (χ0n) is 34.1. The smallest absolute Gasteiger partial charge is 0.243 e. The van der Waals surface area contributed by atoms with Crippen LogP contribution in [0.4, 0.5) is 0 Å². The Labute approximate surface area is 353 Å². The molecule has 9 amide bonds. The Hall–Kier alpha value is -5.98. The standard InChI is InChI=1S/C41H57N9O9S/c1-24(2)20-30(40(58)47-27(36(43)54)18-19-60-3)46-35(53)23-44-37(55)31(21-25-10-6-4-7-11-25)49-41(59)32(22-26-12-8-5-9-13-26)50-39(57)29(14-16-33(42)51)48-38(56)28-15-17-34(52)45-28/h4-13,24,27-32H,14-23H2,1-3H3,(H2,42,51)(H2,43,54)(H,44,55)(H,45,52)(H,46,53)(H,47,58)(H,48,56)(H,49,59)(H,50,57)/t27-,28-,29+,30-,31-,32-/m0/s1. The first kappa shape index (κ1) is 48.4. The zero-order chi connectivity index (χ0) is 44.2. The number of benzene rings is 2. The molecule has 0 bridgehead atoms. The van der Waals surface area contributed by atoms with Gasteiger partial charge in [0.1, 0.15) is 36.3 Å². The second-order valence-corrected chi connectivity index (χ2v) is 15.9. The maximum Gasteiger partial charge on any atom is 0.243 e. The van der Waals surface area contributed by atoms with Gasteiger partial charge in [-0.15, -0.1) is 0 Å². The fraction of sp³-hybridized carbons (Fsp3) is 0.488. The molecule has 0 unspecified atom stereocenters. The first-order chi connectivity index (χ1) is 28.6. The molecule has 0 saturated carbocycles. The van der Waals surface area contributed by atoms with E-state index in [-0.39, 0.29) is 56.8 Å². The summed E-state index contributed by atoms with van der Waals surface area (Å²) in [6.45, 7) is 3.14. The average molecular weight is 852 g/mol. The fourth-order valence-electron chi connectivity index (χ4n) is 6.33. The van der Waals surface area contributed by atoms with Gasteiger partial charge in [-0.25, -0.2) is 0 Å². The molecule has 0 spiro atoms. The van der Waals surface area contributed by atoms with E-state index < -0.39 is 90.1 Å². The van der Waals surface area contributed by atoms with Gasteiger partial charge in [-0.1, -0.05) is 74.5 Å². The number of nitrogens with one attached hydrogen (secondary N) is 7. The van der Waals surface area contributed by atoms with E-state index in [1.807, 2.05) is 20.1 Å². The number of nitrogens with two attached hydrogens (primary N) is 2. The summed E-state index contributed by atoms with van der Waals surface area (Å²) in [5, 5.41) is 18.2. The largest absolute Gasteiger partial charge is 0.370 e. The highest BCUT2D eigenvalue weighted by molar-refractivity contribution is 7.98. The molecule has 0 aliphatic carbocycles. The summed E-state index contributed by atoms with van der Waals surface area (Å²) in [5.74, 6) is -5.49. The van der Waals surface area contributed by atoms with Crippen LogP contribution in [0, 0.1) is 5.92 Å². The Morgan fingerprint density at radius 3 is 1.73 bits per heavy atom. The molecule has 1 aliphatic rings. The molecule has 11 N–H and O–H groups in total. The number of rotatable bonds is 25. The van der Waals surface area contributed by atoms with Gasteiger partial charge in [0.15, 0.2) is 0 Å². The van der Waals surface area contributed by atoms with Crippen LogP contribution in [0.3, 0.4) is 0 Å². The molecular formula is C41H57N9O9S. The molecule has 1 saturated heterocycles. The zero-order valence-corrected chi connectivity index (χ0v) is 34.9. The Bertz CT molecular complexity index is 1820. The lowest BCUT2D eigenvalue weighted by Crippen LogP contribution is -2.59. The topological polar surface area (TPSA) is 290 Å². The van der Waals surface area contributed by atoms with Crippen molar-refractivity contribution in [1.82, 2.24) is 37.2 Å². The number of hydrogen-bond donors (Lipinski definition) is 9. The second-order valence-electron chi connectivity index (χ2n) is 14.9. The predicted molar refractivity (Wildman–Crippen MR) is 224 cm³/mol. The maximum atomic E-state index is 14.1. The molecule has 0 aromatic heterocycles. The van der Waals surface area contributed by atoms with Gasteiger partial charge in [0, 0.05) is 25.7 Å². The summed E-state index contributed by atoms with van der Waals surface area (Å²) in [5.41, 5.74) is 12.2. The number of hydrogen-bond acceptors (Lipinski definition) is 10. The van der Waals surface area contributed by atoms with Crippen LogP contribution in [0.2, 0.25) is 0 Å². The predicted octanol–water partition coefficient (Wildman–Crippen LogP) is -1.16. The molecule has 1 heterocycles. The van der Waals surface area contributed by atoms with Crippen LogP contribution in [-0.4, -0.2) is 108 Å². The molecule has 3 rings (SSSR count). The van der Waals surface area contributed by atoms with E-state index >= 15 is 0 Å². The van der Waals surface area contributed by atoms with Crippen LogP contribution in [0.1, 0.15) is 63.5 Å². The average Bonchev–Trinajstić information content (AvgIpc) is 3.65. The van der Waals surface area contributed by atoms with Crippen molar-refractivity contribution in [2.75, 3.05) is 18.6 Å². The molecule has 2 aromatic rings. The van der Waals surface area contributed by atoms with Crippen LogP contribution in [0.15, 0.2) is 60.7 Å². The summed E-state index contributed by atoms with van der Waals surface area (Å²) in [6, 6.07) is 10.8. The van der Waals surface area contributed by atoms with Crippen molar-refractivity contribution in [2.24, 2.45) is 17.4 Å². The van der Waals surface area contributed by atoms with Crippen molar-refractivity contribution >= 4 is 64.9 Å². The van der Waals surface area contributed by atoms with E-state index in [9.17, 15) is 43.2 Å². The van der Waals surface area contributed by atoms with Crippen molar-refractivity contribution in [2.45, 2.75) is 101 Å². The third kappa shape index (κ3) is 17.1. The van der Waals surface area contributed by atoms with Crippen molar-refractivity contribution in [1.29, 1.82) is 0 Å². The summed E-state index contributed by atoms with van der Waals surface area (Å²) in [7, 11) is 0. The maximum absolute atomic E-state index is 14.1. The first-order valence-electron chi connectivity index (χ1n) is 19.8. The van der Waals surface area contributed by atoms with Gasteiger partial charge in [0.05, 0.1) is 6.54 Å². The van der Waals surface area contributed by atoms with Gasteiger partial charge in [-0.2, -0.15) is 11.8 Å². The van der Waals surface area contributed by atoms with Gasteiger partial charge in [0.2, 0.25) is 53.2 Å². The van der Waals surface area contributed by atoms with Crippen LogP contribution in [-0.2, 0) is 56.0 Å². The lowest BCUT2D eigenvalue weighted by atomic mass is 10.0. The number of primary amides is 2. The van der Waals surface area contributed by atoms with Crippen LogP contribution in [0.5, 0.6) is 0 Å². The van der Waals surface area contributed by atoms with Crippen LogP contribution < -0.4 is 48.7 Å². The highest BCUT2D eigenvalue weighted by Crippen LogP contribution is 2.11. The molecular weight excluding hydrogens is 795 g/mol. The minimum Gasteiger partial charge on any atom is -0.370 e. The summed E-state index contributed by atoms with van der Waals surface area (Å²) >= 11 is 1.48. The number of carbonyl (C=O) groups excluding carboxylic acids is 9. The van der Waals surface area contributed by atoms with E-state index in [4.69, 9.17) is 11.5 Å². The van der Waals surface area contributed by atoms with Crippen molar-refractivity contribution in [3.05, 3.63) is 71.8 Å². The van der Waals surface area contributed by atoms with Gasteiger partial charge in [0.25, 0.3) is 0 Å². The molecule has 0 radical (unpaired) electrons. The Balaban J connectivity index is 1.81. The third-order valence-electron chi connectivity index (χ3n) is 9.51. The van der Waals surface area contributed by atoms with Gasteiger partial charge >= 0.3 is 0 Å². The van der Waals surface area contributed by atoms with Crippen LogP contribution >= 0.6 is 11.8 Å². The van der Waals surface area contributed by atoms with Gasteiger partial charge in [-0.05, 0) is 54.7 Å².